The maximum Gasteiger partial charge on any atom is 0.319 e. The minimum atomic E-state index is -0.838. The first-order valence-corrected chi connectivity index (χ1v) is 13.6. The van der Waals surface area contributed by atoms with Crippen LogP contribution in [0.3, 0.4) is 0 Å². The molecule has 0 radical (unpaired) electrons. The zero-order chi connectivity index (χ0) is 27.6. The monoisotopic (exact) mass is 547 g/mol. The van der Waals surface area contributed by atoms with Crippen LogP contribution in [0.15, 0.2) is 42.5 Å². The van der Waals surface area contributed by atoms with Crippen molar-refractivity contribution in [3.05, 3.63) is 54.1 Å². The van der Waals surface area contributed by atoms with Crippen molar-refractivity contribution in [1.29, 1.82) is 0 Å². The lowest BCUT2D eigenvalue weighted by Crippen LogP contribution is -2.58. The van der Waals surface area contributed by atoms with Crippen molar-refractivity contribution in [2.24, 2.45) is 5.73 Å². The topological polar surface area (TPSA) is 106 Å². The van der Waals surface area contributed by atoms with Crippen molar-refractivity contribution in [2.45, 2.75) is 43.3 Å². The van der Waals surface area contributed by atoms with E-state index in [1.165, 1.54) is 12.1 Å². The summed E-state index contributed by atoms with van der Waals surface area (Å²) in [6.07, 6.45) is 2.65. The van der Waals surface area contributed by atoms with Gasteiger partial charge in [0.1, 0.15) is 29.5 Å². The lowest BCUT2D eigenvalue weighted by Gasteiger charge is -2.40. The van der Waals surface area contributed by atoms with Crippen molar-refractivity contribution in [1.82, 2.24) is 15.3 Å². The molecule has 10 heteroatoms. The largest absolute Gasteiger partial charge is 0.508 e. The molecule has 208 valence electrons. The quantitative estimate of drug-likeness (QED) is 0.341. The molecule has 2 bridgehead atoms. The average Bonchev–Trinajstić information content (AvgIpc) is 3.48. The second-order valence-corrected chi connectivity index (χ2v) is 11.8. The molecule has 0 amide bonds. The summed E-state index contributed by atoms with van der Waals surface area (Å²) in [5.74, 6) is -1.25. The van der Waals surface area contributed by atoms with Crippen molar-refractivity contribution in [3.63, 3.8) is 0 Å². The third kappa shape index (κ3) is 4.31. The number of anilines is 1. The summed E-state index contributed by atoms with van der Waals surface area (Å²) >= 11 is 0. The van der Waals surface area contributed by atoms with Gasteiger partial charge in [-0.1, -0.05) is 24.3 Å². The maximum absolute atomic E-state index is 16.5. The molecular weight excluding hydrogens is 516 g/mol. The van der Waals surface area contributed by atoms with Crippen LogP contribution < -0.4 is 20.7 Å². The molecule has 3 aliphatic rings. The number of nitrogens with one attached hydrogen (secondary N) is 1. The zero-order valence-corrected chi connectivity index (χ0v) is 22.2. The molecule has 4 aromatic rings. The third-order valence-electron chi connectivity index (χ3n) is 8.46. The highest BCUT2D eigenvalue weighted by Crippen LogP contribution is 2.41. The molecule has 40 heavy (non-hydrogen) atoms. The van der Waals surface area contributed by atoms with E-state index in [1.807, 2.05) is 6.07 Å². The van der Waals surface area contributed by atoms with E-state index in [-0.39, 0.29) is 52.0 Å². The number of halogens is 2. The normalized spacial score (nSPS) is 26.2. The number of hydrogen-bond donors (Lipinski definition) is 3. The van der Waals surface area contributed by atoms with Gasteiger partial charge in [0, 0.05) is 36.7 Å². The highest BCUT2D eigenvalue weighted by molar-refractivity contribution is 6.01. The number of phenols is 1. The molecule has 3 aromatic carbocycles. The molecule has 7 rings (SSSR count). The average molecular weight is 548 g/mol. The number of nitrogens with two attached hydrogens (primary N) is 1. The van der Waals surface area contributed by atoms with Crippen molar-refractivity contribution in [3.8, 4) is 22.9 Å². The number of nitrogens with zero attached hydrogens (tertiary/aromatic N) is 3. The number of hydrogen-bond acceptors (Lipinski definition) is 8. The van der Waals surface area contributed by atoms with Gasteiger partial charge in [-0.2, -0.15) is 9.97 Å². The molecule has 3 saturated heterocycles. The Labute approximate surface area is 230 Å². The Morgan fingerprint density at radius 3 is 2.83 bits per heavy atom. The van der Waals surface area contributed by atoms with E-state index >= 15 is 8.78 Å². The Morgan fingerprint density at radius 1 is 1.18 bits per heavy atom. The summed E-state index contributed by atoms with van der Waals surface area (Å²) in [6, 6.07) is 11.6. The summed E-state index contributed by atoms with van der Waals surface area (Å²) in [4.78, 5) is 11.2. The number of ether oxygens (including phenoxy) is 2. The summed E-state index contributed by atoms with van der Waals surface area (Å²) in [5.41, 5.74) is 5.53. The van der Waals surface area contributed by atoms with E-state index in [9.17, 15) is 5.11 Å². The standard InChI is InChI=1S/C30H31F2N5O3/c1-29-7-6-18(36-29)13-37(14-29)27-22-12-23(31)24(21-11-19(38)10-17-4-2-3-5-20(17)21)25(32)26(22)34-28(35-27)40-16-30(33)8-9-39-15-30/h2-5,10-12,18,36,38H,6-9,13-16,33H2,1H3/t18-,29-,30?/m1/s1. The van der Waals surface area contributed by atoms with Gasteiger partial charge in [-0.15, -0.1) is 0 Å². The van der Waals surface area contributed by atoms with Crippen LogP contribution in [0.4, 0.5) is 14.6 Å². The van der Waals surface area contributed by atoms with Gasteiger partial charge in [0.2, 0.25) is 0 Å². The van der Waals surface area contributed by atoms with Crippen LogP contribution in [-0.2, 0) is 4.74 Å². The summed E-state index contributed by atoms with van der Waals surface area (Å²) in [6.45, 7) is 4.43. The Hall–Kier alpha value is -3.60. The second kappa shape index (κ2) is 9.22. The molecule has 0 saturated carbocycles. The molecule has 1 unspecified atom stereocenters. The number of phenolic OH excluding ortho intramolecular Hbond substituents is 1. The summed E-state index contributed by atoms with van der Waals surface area (Å²) < 4.78 is 43.9. The van der Waals surface area contributed by atoms with Crippen LogP contribution in [-0.4, -0.2) is 65.1 Å². The number of aromatic nitrogens is 2. The first-order valence-electron chi connectivity index (χ1n) is 13.6. The lowest BCUT2D eigenvalue weighted by atomic mass is 9.95. The lowest BCUT2D eigenvalue weighted by molar-refractivity contribution is 0.147. The number of piperazine rings is 1. The Morgan fingerprint density at radius 2 is 2.02 bits per heavy atom. The van der Waals surface area contributed by atoms with Gasteiger partial charge >= 0.3 is 6.01 Å². The van der Waals surface area contributed by atoms with Crippen LogP contribution >= 0.6 is 0 Å². The highest BCUT2D eigenvalue weighted by atomic mass is 19.1. The van der Waals surface area contributed by atoms with Crippen LogP contribution in [0.25, 0.3) is 32.8 Å². The molecule has 4 N–H and O–H groups in total. The Bertz CT molecular complexity index is 1640. The summed E-state index contributed by atoms with van der Waals surface area (Å²) in [5, 5.41) is 15.6. The first kappa shape index (κ1) is 25.4. The molecule has 8 nitrogen and oxygen atoms in total. The van der Waals surface area contributed by atoms with E-state index in [0.29, 0.717) is 49.3 Å². The number of rotatable bonds is 5. The second-order valence-electron chi connectivity index (χ2n) is 11.8. The molecule has 3 atom stereocenters. The van der Waals surface area contributed by atoms with Crippen molar-refractivity contribution in [2.75, 3.05) is 37.8 Å². The fourth-order valence-electron chi connectivity index (χ4n) is 6.46. The van der Waals surface area contributed by atoms with Gasteiger partial charge in [-0.25, -0.2) is 8.78 Å². The van der Waals surface area contributed by atoms with Gasteiger partial charge < -0.3 is 30.5 Å². The predicted octanol–water partition coefficient (Wildman–Crippen LogP) is 4.26. The number of fused-ring (bicyclic) bond motifs is 4. The molecule has 1 aromatic heterocycles. The van der Waals surface area contributed by atoms with E-state index < -0.39 is 17.2 Å². The first-order chi connectivity index (χ1) is 19.2. The fraction of sp³-hybridized carbons (Fsp3) is 0.400. The van der Waals surface area contributed by atoms with Crippen molar-refractivity contribution >= 4 is 27.5 Å². The number of aromatic hydroxyl groups is 1. The predicted molar refractivity (Wildman–Crippen MR) is 149 cm³/mol. The van der Waals surface area contributed by atoms with Crippen molar-refractivity contribution < 1.29 is 23.4 Å². The smallest absolute Gasteiger partial charge is 0.319 e. The van der Waals surface area contributed by atoms with Gasteiger partial charge in [-0.05, 0) is 60.7 Å². The van der Waals surface area contributed by atoms with Gasteiger partial charge in [-0.3, -0.25) is 0 Å². The van der Waals surface area contributed by atoms with E-state index in [0.717, 1.165) is 12.8 Å². The van der Waals surface area contributed by atoms with Gasteiger partial charge in [0.15, 0.2) is 5.82 Å². The Balaban J connectivity index is 1.40. The highest BCUT2D eigenvalue weighted by Gasteiger charge is 2.42. The molecular formula is C30H31F2N5O3. The van der Waals surface area contributed by atoms with Crippen LogP contribution in [0.2, 0.25) is 0 Å². The SMILES string of the molecule is C[C@@]12CC[C@H](CN(c3nc(OCC4(N)CCOC4)nc4c(F)c(-c5cc(O)cc6ccccc56)c(F)cc34)C1)N2. The van der Waals surface area contributed by atoms with Gasteiger partial charge in [0.05, 0.1) is 17.7 Å². The number of benzene rings is 3. The fourth-order valence-corrected chi connectivity index (χ4v) is 6.46. The molecule has 4 heterocycles. The van der Waals surface area contributed by atoms with Crippen LogP contribution in [0, 0.1) is 11.6 Å². The molecule has 0 aliphatic carbocycles. The Kier molecular flexibility index (Phi) is 5.85. The summed E-state index contributed by atoms with van der Waals surface area (Å²) in [7, 11) is 0. The van der Waals surface area contributed by atoms with E-state index in [4.69, 9.17) is 15.2 Å². The molecule has 3 aliphatic heterocycles. The van der Waals surface area contributed by atoms with E-state index in [1.54, 1.807) is 24.3 Å². The third-order valence-corrected chi connectivity index (χ3v) is 8.46. The molecule has 0 spiro atoms. The minimum absolute atomic E-state index is 0.0208. The van der Waals surface area contributed by atoms with Gasteiger partial charge in [0.25, 0.3) is 0 Å². The van der Waals surface area contributed by atoms with Crippen LogP contribution in [0.1, 0.15) is 26.2 Å². The zero-order valence-electron chi connectivity index (χ0n) is 22.2. The molecule has 3 fully saturated rings. The van der Waals surface area contributed by atoms with Crippen LogP contribution in [0.5, 0.6) is 11.8 Å². The van der Waals surface area contributed by atoms with E-state index in [2.05, 4.69) is 27.1 Å². The minimum Gasteiger partial charge on any atom is -0.508 e. The maximum atomic E-state index is 16.5.